The second kappa shape index (κ2) is 6.84. The molecule has 2 bridgehead atoms. The molecule has 8 nitrogen and oxygen atoms in total. The summed E-state index contributed by atoms with van der Waals surface area (Å²) in [6.45, 7) is 1.65. The Hall–Kier alpha value is -2.82. The van der Waals surface area contributed by atoms with Crippen molar-refractivity contribution in [3.63, 3.8) is 0 Å². The highest BCUT2D eigenvalue weighted by Gasteiger charge is 2.57. The van der Waals surface area contributed by atoms with Crippen molar-refractivity contribution >= 4 is 17.6 Å². The number of nitrogen functional groups attached to an aromatic ring is 1. The predicted octanol–water partition coefficient (Wildman–Crippen LogP) is 2.49. The Morgan fingerprint density at radius 2 is 2.12 bits per heavy atom. The molecule has 0 amide bonds. The zero-order valence-electron chi connectivity index (χ0n) is 17.4. The van der Waals surface area contributed by atoms with Crippen molar-refractivity contribution in [2.75, 3.05) is 41.8 Å². The van der Waals surface area contributed by atoms with Crippen LogP contribution in [0.2, 0.25) is 0 Å². The van der Waals surface area contributed by atoms with Gasteiger partial charge in [0.1, 0.15) is 11.9 Å². The molecule has 0 spiro atoms. The number of ether oxygens (including phenoxy) is 2. The van der Waals surface area contributed by atoms with Crippen molar-refractivity contribution in [2.45, 2.75) is 38.3 Å². The summed E-state index contributed by atoms with van der Waals surface area (Å²) in [6, 6.07) is 2.72. The van der Waals surface area contributed by atoms with Gasteiger partial charge in [0, 0.05) is 37.5 Å². The molecular formula is C21H23F3N6O2. The summed E-state index contributed by atoms with van der Waals surface area (Å²) in [5, 5.41) is 0. The fraction of sp³-hybridized carbons (Fsp3) is 0.571. The first-order valence-corrected chi connectivity index (χ1v) is 10.7. The molecule has 6 rings (SSSR count). The number of piperidine rings is 1. The van der Waals surface area contributed by atoms with Crippen molar-refractivity contribution in [1.29, 1.82) is 0 Å². The van der Waals surface area contributed by atoms with E-state index in [1.807, 2.05) is 4.90 Å². The molecule has 1 saturated carbocycles. The molecule has 4 fully saturated rings. The second-order valence-electron chi connectivity index (χ2n) is 9.37. The minimum absolute atomic E-state index is 0.134. The quantitative estimate of drug-likeness (QED) is 0.747. The Labute approximate surface area is 182 Å². The number of nitrogens with zero attached hydrogens (tertiary/aromatic N) is 5. The standard InChI is InChI=1S/C21H23F3N6O2/c1-21-4-11(21)6-29(9-21)20-27-12(10-2-14(32-19(23)24)18(25)26-5-10)3-16(28-20)30-7-15-17(22)13(30)8-31-15/h2-3,5,11,13,15,17,19H,4,6-9H2,1H3,(H2,25,26)/t11?,13?,15?,17?,21-/m1/s1. The average molecular weight is 448 g/mol. The highest BCUT2D eigenvalue weighted by Crippen LogP contribution is 2.57. The summed E-state index contributed by atoms with van der Waals surface area (Å²) in [4.78, 5) is 17.5. The number of fused-ring (bicyclic) bond motifs is 3. The van der Waals surface area contributed by atoms with Crippen LogP contribution in [0.25, 0.3) is 11.3 Å². The first-order chi connectivity index (χ1) is 15.3. The van der Waals surface area contributed by atoms with E-state index in [0.29, 0.717) is 42.1 Å². The number of aromatic nitrogens is 3. The van der Waals surface area contributed by atoms with Crippen LogP contribution in [-0.2, 0) is 4.74 Å². The topological polar surface area (TPSA) is 89.6 Å². The molecule has 2 aromatic rings. The van der Waals surface area contributed by atoms with Crippen LogP contribution in [0.1, 0.15) is 13.3 Å². The lowest BCUT2D eigenvalue weighted by Crippen LogP contribution is -2.38. The lowest BCUT2D eigenvalue weighted by molar-refractivity contribution is -0.0494. The molecule has 3 aliphatic heterocycles. The van der Waals surface area contributed by atoms with Crippen molar-refractivity contribution in [2.24, 2.45) is 11.3 Å². The molecule has 0 aromatic carbocycles. The third-order valence-corrected chi connectivity index (χ3v) is 7.18. The van der Waals surface area contributed by atoms with Gasteiger partial charge in [0.05, 0.1) is 18.3 Å². The molecule has 0 radical (unpaired) electrons. The average Bonchev–Trinajstić information content (AvgIpc) is 3.03. The second-order valence-corrected chi connectivity index (χ2v) is 9.37. The Morgan fingerprint density at radius 1 is 1.28 bits per heavy atom. The number of halogens is 3. The van der Waals surface area contributed by atoms with Crippen LogP contribution in [-0.4, -0.2) is 66.1 Å². The monoisotopic (exact) mass is 448 g/mol. The number of pyridine rings is 1. The summed E-state index contributed by atoms with van der Waals surface area (Å²) in [5.41, 5.74) is 6.93. The van der Waals surface area contributed by atoms with E-state index in [0.717, 1.165) is 13.1 Å². The van der Waals surface area contributed by atoms with Crippen LogP contribution in [0.5, 0.6) is 5.75 Å². The molecular weight excluding hydrogens is 425 g/mol. The molecule has 11 heteroatoms. The largest absolute Gasteiger partial charge is 0.431 e. The van der Waals surface area contributed by atoms with E-state index in [9.17, 15) is 13.2 Å². The molecule has 1 aliphatic carbocycles. The van der Waals surface area contributed by atoms with Gasteiger partial charge in [-0.05, 0) is 23.8 Å². The Kier molecular flexibility index (Phi) is 4.24. The number of nitrogens with two attached hydrogens (primary N) is 1. The van der Waals surface area contributed by atoms with Crippen molar-refractivity contribution in [3.8, 4) is 17.0 Å². The van der Waals surface area contributed by atoms with Crippen LogP contribution in [0.15, 0.2) is 18.3 Å². The number of rotatable bonds is 5. The van der Waals surface area contributed by atoms with E-state index in [-0.39, 0.29) is 17.0 Å². The van der Waals surface area contributed by atoms with Gasteiger partial charge < -0.3 is 25.0 Å². The van der Waals surface area contributed by atoms with Crippen LogP contribution < -0.4 is 20.3 Å². The molecule has 5 heterocycles. The first-order valence-electron chi connectivity index (χ1n) is 10.7. The first kappa shape index (κ1) is 19.8. The molecule has 2 aromatic heterocycles. The molecule has 3 saturated heterocycles. The molecule has 5 atom stereocenters. The van der Waals surface area contributed by atoms with Crippen molar-refractivity contribution in [3.05, 3.63) is 18.3 Å². The van der Waals surface area contributed by atoms with Gasteiger partial charge in [-0.1, -0.05) is 6.92 Å². The Bertz CT molecular complexity index is 1070. The van der Waals surface area contributed by atoms with Gasteiger partial charge in [-0.2, -0.15) is 13.8 Å². The van der Waals surface area contributed by atoms with Gasteiger partial charge in [-0.25, -0.2) is 14.4 Å². The summed E-state index contributed by atoms with van der Waals surface area (Å²) >= 11 is 0. The summed E-state index contributed by atoms with van der Waals surface area (Å²) in [7, 11) is 0. The fourth-order valence-corrected chi connectivity index (χ4v) is 5.21. The van der Waals surface area contributed by atoms with E-state index < -0.39 is 24.9 Å². The van der Waals surface area contributed by atoms with E-state index >= 15 is 0 Å². The zero-order chi connectivity index (χ0) is 22.2. The summed E-state index contributed by atoms with van der Waals surface area (Å²) in [5.74, 6) is 1.39. The van der Waals surface area contributed by atoms with Crippen molar-refractivity contribution in [1.82, 2.24) is 15.0 Å². The van der Waals surface area contributed by atoms with Gasteiger partial charge >= 0.3 is 6.61 Å². The number of anilines is 3. The molecule has 2 N–H and O–H groups in total. The number of morpholine rings is 1. The van der Waals surface area contributed by atoms with E-state index in [4.69, 9.17) is 20.4 Å². The maximum atomic E-state index is 14.5. The fourth-order valence-electron chi connectivity index (χ4n) is 5.21. The number of hydrogen-bond acceptors (Lipinski definition) is 8. The highest BCUT2D eigenvalue weighted by atomic mass is 19.3. The van der Waals surface area contributed by atoms with Gasteiger partial charge in [0.15, 0.2) is 17.7 Å². The number of hydrogen-bond donors (Lipinski definition) is 1. The normalized spacial score (nSPS) is 32.7. The predicted molar refractivity (Wildman–Crippen MR) is 111 cm³/mol. The molecule has 32 heavy (non-hydrogen) atoms. The minimum Gasteiger partial charge on any atom is -0.431 e. The zero-order valence-corrected chi connectivity index (χ0v) is 17.4. The van der Waals surface area contributed by atoms with Crippen LogP contribution in [0, 0.1) is 11.3 Å². The Balaban J connectivity index is 1.40. The van der Waals surface area contributed by atoms with Crippen molar-refractivity contribution < 1.29 is 22.6 Å². The maximum Gasteiger partial charge on any atom is 0.387 e. The van der Waals surface area contributed by atoms with Crippen LogP contribution in [0.4, 0.5) is 30.8 Å². The van der Waals surface area contributed by atoms with Gasteiger partial charge in [-0.3, -0.25) is 0 Å². The van der Waals surface area contributed by atoms with E-state index in [2.05, 4.69) is 21.5 Å². The van der Waals surface area contributed by atoms with Gasteiger partial charge in [-0.15, -0.1) is 0 Å². The molecule has 4 aliphatic rings. The van der Waals surface area contributed by atoms with Gasteiger partial charge in [0.2, 0.25) is 5.95 Å². The smallest absolute Gasteiger partial charge is 0.387 e. The van der Waals surface area contributed by atoms with E-state index in [1.54, 1.807) is 6.07 Å². The highest BCUT2D eigenvalue weighted by molar-refractivity contribution is 5.68. The van der Waals surface area contributed by atoms with Crippen LogP contribution >= 0.6 is 0 Å². The third-order valence-electron chi connectivity index (χ3n) is 7.18. The Morgan fingerprint density at radius 3 is 2.78 bits per heavy atom. The SMILES string of the molecule is C[C@]12CC1CN(c1nc(-c3cnc(N)c(OC(F)F)c3)cc(N3CC4OCC3C4F)n1)C2. The lowest BCUT2D eigenvalue weighted by Gasteiger charge is -2.29. The van der Waals surface area contributed by atoms with Crippen LogP contribution in [0.3, 0.4) is 0 Å². The summed E-state index contributed by atoms with van der Waals surface area (Å²) < 4.78 is 50.1. The molecule has 4 unspecified atom stereocenters. The number of alkyl halides is 3. The van der Waals surface area contributed by atoms with Gasteiger partial charge in [0.25, 0.3) is 0 Å². The lowest BCUT2D eigenvalue weighted by atomic mass is 10.1. The minimum atomic E-state index is -3.02. The third kappa shape index (κ3) is 3.13. The molecule has 170 valence electrons. The maximum absolute atomic E-state index is 14.5. The van der Waals surface area contributed by atoms with E-state index in [1.165, 1.54) is 18.7 Å². The summed E-state index contributed by atoms with van der Waals surface area (Å²) in [6.07, 6.45) is 1.12.